The average Bonchev–Trinajstić information content (AvgIpc) is 3.03. The zero-order valence-electron chi connectivity index (χ0n) is 15.9. The minimum Gasteiger partial charge on any atom is -0.272 e. The molecule has 0 spiro atoms. The summed E-state index contributed by atoms with van der Waals surface area (Å²) in [6.45, 7) is 0. The van der Waals surface area contributed by atoms with E-state index in [1.54, 1.807) is 6.21 Å². The molecule has 4 nitrogen and oxygen atoms in total. The summed E-state index contributed by atoms with van der Waals surface area (Å²) in [6, 6.07) is 24.3. The van der Waals surface area contributed by atoms with E-state index < -0.39 is 0 Å². The van der Waals surface area contributed by atoms with Crippen LogP contribution in [0, 0.1) is 15.4 Å². The van der Waals surface area contributed by atoms with Gasteiger partial charge >= 0.3 is 0 Å². The molecule has 30 heavy (non-hydrogen) atoms. The highest BCUT2D eigenvalue weighted by atomic mass is 127. The monoisotopic (exact) mass is 504 g/mol. The summed E-state index contributed by atoms with van der Waals surface area (Å²) in [6.07, 6.45) is 1.61. The fourth-order valence-electron chi connectivity index (χ4n) is 5.49. The molecule has 3 aromatic rings. The third-order valence-electron chi connectivity index (χ3n) is 6.60. The van der Waals surface area contributed by atoms with Gasteiger partial charge in [-0.05, 0) is 62.5 Å². The Balaban J connectivity index is 1.46. The Morgan fingerprint density at radius 3 is 1.70 bits per heavy atom. The van der Waals surface area contributed by atoms with Gasteiger partial charge in [-0.1, -0.05) is 60.7 Å². The van der Waals surface area contributed by atoms with Crippen molar-refractivity contribution in [3.05, 3.63) is 104 Å². The molecule has 0 radical (unpaired) electrons. The number of hydrogen-bond acceptors (Lipinski definition) is 3. The van der Waals surface area contributed by atoms with Crippen molar-refractivity contribution in [3.8, 4) is 0 Å². The third-order valence-corrected chi connectivity index (χ3v) is 7.27. The van der Waals surface area contributed by atoms with Gasteiger partial charge in [-0.15, -0.1) is 0 Å². The van der Waals surface area contributed by atoms with Crippen molar-refractivity contribution >= 4 is 40.6 Å². The van der Waals surface area contributed by atoms with Crippen molar-refractivity contribution in [1.29, 1.82) is 0 Å². The Morgan fingerprint density at radius 2 is 1.23 bits per heavy atom. The van der Waals surface area contributed by atoms with Crippen LogP contribution in [-0.2, 0) is 9.59 Å². The van der Waals surface area contributed by atoms with Gasteiger partial charge in [0, 0.05) is 15.4 Å². The summed E-state index contributed by atoms with van der Waals surface area (Å²) < 4.78 is 1.08. The summed E-state index contributed by atoms with van der Waals surface area (Å²) in [5.74, 6) is -1.35. The lowest BCUT2D eigenvalue weighted by molar-refractivity contribution is -0.139. The lowest BCUT2D eigenvalue weighted by Gasteiger charge is -2.45. The average molecular weight is 504 g/mol. The van der Waals surface area contributed by atoms with Gasteiger partial charge in [0.15, 0.2) is 0 Å². The highest BCUT2D eigenvalue weighted by Crippen LogP contribution is 2.60. The minimum absolute atomic E-state index is 0.0956. The van der Waals surface area contributed by atoms with Gasteiger partial charge in [0.1, 0.15) is 0 Å². The second-order valence-corrected chi connectivity index (χ2v) is 9.30. The lowest BCUT2D eigenvalue weighted by atomic mass is 9.55. The van der Waals surface area contributed by atoms with Crippen LogP contribution in [0.3, 0.4) is 0 Å². The maximum atomic E-state index is 13.4. The first-order valence-electron chi connectivity index (χ1n) is 10.00. The zero-order chi connectivity index (χ0) is 20.4. The van der Waals surface area contributed by atoms with Crippen LogP contribution in [0.25, 0.3) is 0 Å². The van der Waals surface area contributed by atoms with E-state index in [2.05, 4.69) is 52.0 Å². The smallest absolute Gasteiger partial charge is 0.254 e. The maximum Gasteiger partial charge on any atom is 0.254 e. The van der Waals surface area contributed by atoms with Crippen LogP contribution < -0.4 is 0 Å². The number of benzene rings is 3. The molecule has 2 amide bonds. The van der Waals surface area contributed by atoms with Crippen LogP contribution in [0.1, 0.15) is 39.7 Å². The van der Waals surface area contributed by atoms with E-state index in [0.717, 1.165) is 14.1 Å². The highest BCUT2D eigenvalue weighted by Gasteiger charge is 2.61. The molecule has 5 heteroatoms. The molecule has 3 aromatic carbocycles. The number of amides is 2. The van der Waals surface area contributed by atoms with E-state index in [0.29, 0.717) is 0 Å². The Hall–Kier alpha value is -2.80. The van der Waals surface area contributed by atoms with Gasteiger partial charge in [-0.25, -0.2) is 0 Å². The van der Waals surface area contributed by atoms with E-state index in [4.69, 9.17) is 0 Å². The summed E-state index contributed by atoms with van der Waals surface area (Å²) in [5.41, 5.74) is 5.56. The fraction of sp³-hybridized carbons (Fsp3) is 0.160. The third kappa shape index (κ3) is 2.41. The largest absolute Gasteiger partial charge is 0.272 e. The molecule has 1 aliphatic heterocycles. The normalized spacial score (nSPS) is 26.1. The first-order valence-corrected chi connectivity index (χ1v) is 11.1. The maximum absolute atomic E-state index is 13.4. The van der Waals surface area contributed by atoms with E-state index in [1.807, 2.05) is 48.5 Å². The molecule has 3 aliphatic carbocycles. The van der Waals surface area contributed by atoms with Crippen LogP contribution >= 0.6 is 22.6 Å². The Morgan fingerprint density at radius 1 is 0.733 bits per heavy atom. The van der Waals surface area contributed by atoms with Crippen molar-refractivity contribution in [1.82, 2.24) is 5.01 Å². The number of hydrazone groups is 1. The molecule has 1 saturated heterocycles. The Bertz CT molecular complexity index is 1140. The molecule has 1 fully saturated rings. The van der Waals surface area contributed by atoms with E-state index in [1.165, 1.54) is 22.3 Å². The molecule has 2 atom stereocenters. The van der Waals surface area contributed by atoms with Gasteiger partial charge in [-0.2, -0.15) is 10.1 Å². The molecule has 1 heterocycles. The number of nitrogens with zero attached hydrogens (tertiary/aromatic N) is 2. The minimum atomic E-state index is -0.389. The fourth-order valence-corrected chi connectivity index (χ4v) is 6.05. The van der Waals surface area contributed by atoms with Gasteiger partial charge in [0.05, 0.1) is 18.1 Å². The molecular weight excluding hydrogens is 487 g/mol. The van der Waals surface area contributed by atoms with Crippen LogP contribution in [-0.4, -0.2) is 23.0 Å². The molecule has 4 aliphatic rings. The molecule has 0 unspecified atom stereocenters. The second kappa shape index (κ2) is 6.60. The van der Waals surface area contributed by atoms with Crippen LogP contribution in [0.4, 0.5) is 0 Å². The number of carbonyl (C=O) groups is 2. The summed E-state index contributed by atoms with van der Waals surface area (Å²) in [4.78, 5) is 26.9. The van der Waals surface area contributed by atoms with Gasteiger partial charge < -0.3 is 0 Å². The predicted octanol–water partition coefficient (Wildman–Crippen LogP) is 4.52. The van der Waals surface area contributed by atoms with Crippen molar-refractivity contribution in [3.63, 3.8) is 0 Å². The number of halogens is 1. The molecular formula is C25H17IN2O2. The quantitative estimate of drug-likeness (QED) is 0.293. The number of rotatable bonds is 2. The molecule has 146 valence electrons. The van der Waals surface area contributed by atoms with Crippen molar-refractivity contribution in [2.75, 3.05) is 0 Å². The molecule has 2 bridgehead atoms. The van der Waals surface area contributed by atoms with E-state index in [-0.39, 0.29) is 35.5 Å². The number of hydrogen-bond donors (Lipinski definition) is 0. The van der Waals surface area contributed by atoms with Crippen LogP contribution in [0.2, 0.25) is 0 Å². The Labute approximate surface area is 187 Å². The summed E-state index contributed by atoms with van der Waals surface area (Å²) in [7, 11) is 0. The summed E-state index contributed by atoms with van der Waals surface area (Å²) >= 11 is 2.23. The number of imide groups is 1. The predicted molar refractivity (Wildman–Crippen MR) is 122 cm³/mol. The van der Waals surface area contributed by atoms with Crippen molar-refractivity contribution in [2.24, 2.45) is 16.9 Å². The van der Waals surface area contributed by atoms with Gasteiger partial charge in [0.2, 0.25) is 0 Å². The SMILES string of the molecule is O=C1[C@@H]2C3c4ccccc4C(c4ccccc43)[C@H]2C(=O)N1/N=C\c1cccc(I)c1. The summed E-state index contributed by atoms with van der Waals surface area (Å²) in [5, 5.41) is 5.47. The number of carbonyl (C=O) groups excluding carboxylic acids is 2. The van der Waals surface area contributed by atoms with E-state index >= 15 is 0 Å². The highest BCUT2D eigenvalue weighted by molar-refractivity contribution is 14.1. The van der Waals surface area contributed by atoms with Crippen LogP contribution in [0.15, 0.2) is 77.9 Å². The standard InChI is InChI=1S/C25H17IN2O2/c26-15-7-5-6-14(12-15)13-27-28-24(29)22-20-16-8-1-2-9-17(16)21(23(22)25(28)30)19-11-4-3-10-18(19)20/h1-13,20-23H/b27-13-/t20?,21?,22-,23-/m1/s1. The molecule has 7 rings (SSSR count). The first kappa shape index (κ1) is 18.0. The zero-order valence-corrected chi connectivity index (χ0v) is 18.1. The lowest BCUT2D eigenvalue weighted by Crippen LogP contribution is -2.41. The van der Waals surface area contributed by atoms with Gasteiger partial charge in [-0.3, -0.25) is 9.59 Å². The first-order chi connectivity index (χ1) is 14.6. The topological polar surface area (TPSA) is 49.7 Å². The van der Waals surface area contributed by atoms with E-state index in [9.17, 15) is 9.59 Å². The van der Waals surface area contributed by atoms with Gasteiger partial charge in [0.25, 0.3) is 11.8 Å². The Kier molecular flexibility index (Phi) is 3.96. The molecule has 0 N–H and O–H groups in total. The van der Waals surface area contributed by atoms with Crippen LogP contribution in [0.5, 0.6) is 0 Å². The molecule has 0 aromatic heterocycles. The van der Waals surface area contributed by atoms with Crippen molar-refractivity contribution in [2.45, 2.75) is 11.8 Å². The molecule has 0 saturated carbocycles. The second-order valence-electron chi connectivity index (χ2n) is 8.05. The van der Waals surface area contributed by atoms with Crippen molar-refractivity contribution < 1.29 is 9.59 Å².